The molecule has 7 atom stereocenters. The molecule has 3 fully saturated rings. The Bertz CT molecular complexity index is 2030. The van der Waals surface area contributed by atoms with Crippen LogP contribution in [0.15, 0.2) is 36.4 Å². The molecule has 4 aliphatic rings. The van der Waals surface area contributed by atoms with Gasteiger partial charge < -0.3 is 29.7 Å². The highest BCUT2D eigenvalue weighted by Crippen LogP contribution is 2.46. The molecule has 2 aliphatic carbocycles. The zero-order valence-corrected chi connectivity index (χ0v) is 34.1. The summed E-state index contributed by atoms with van der Waals surface area (Å²) in [6.07, 6.45) is 1.96. The van der Waals surface area contributed by atoms with Gasteiger partial charge in [0.05, 0.1) is 11.8 Å². The third-order valence-corrected chi connectivity index (χ3v) is 12.8. The van der Waals surface area contributed by atoms with E-state index in [-0.39, 0.29) is 42.1 Å². The molecular formula is C39H50ClF2N5O9S. The van der Waals surface area contributed by atoms with Crippen molar-refractivity contribution in [3.63, 3.8) is 0 Å². The predicted octanol–water partition coefficient (Wildman–Crippen LogP) is 5.27. The molecule has 18 heteroatoms. The van der Waals surface area contributed by atoms with Gasteiger partial charge in [0.2, 0.25) is 33.6 Å². The first-order valence-corrected chi connectivity index (χ1v) is 21.2. The number of halogens is 3. The van der Waals surface area contributed by atoms with Crippen LogP contribution in [0.4, 0.5) is 13.6 Å². The van der Waals surface area contributed by atoms with Crippen molar-refractivity contribution in [2.24, 2.45) is 17.8 Å². The summed E-state index contributed by atoms with van der Waals surface area (Å²) >= 11 is 6.47. The summed E-state index contributed by atoms with van der Waals surface area (Å²) in [5.41, 5.74) is -2.47. The van der Waals surface area contributed by atoms with Gasteiger partial charge in [0.15, 0.2) is 6.61 Å². The Hall–Kier alpha value is -4.25. The van der Waals surface area contributed by atoms with E-state index in [4.69, 9.17) is 25.8 Å². The molecule has 312 valence electrons. The lowest BCUT2D eigenvalue weighted by Crippen LogP contribution is -2.59. The molecule has 6 rings (SSSR count). The lowest BCUT2D eigenvalue weighted by atomic mass is 9.88. The summed E-state index contributed by atoms with van der Waals surface area (Å²) in [7, 11) is -3.96. The maximum Gasteiger partial charge on any atom is 0.408 e. The number of amides is 4. The molecule has 0 unspecified atom stereocenters. The van der Waals surface area contributed by atoms with Crippen molar-refractivity contribution in [1.82, 2.24) is 25.2 Å². The Morgan fingerprint density at radius 1 is 1.12 bits per heavy atom. The molecule has 4 amide bonds. The van der Waals surface area contributed by atoms with Crippen LogP contribution in [0.25, 0.3) is 10.8 Å². The minimum absolute atomic E-state index is 0.0426. The Kier molecular flexibility index (Phi) is 12.3. The number of ether oxygens (including phenoxy) is 3. The van der Waals surface area contributed by atoms with Gasteiger partial charge >= 0.3 is 6.09 Å². The molecule has 3 heterocycles. The highest BCUT2D eigenvalue weighted by Gasteiger charge is 2.62. The number of pyridine rings is 1. The number of carbonyl (C=O) groups excluding carboxylic acids is 4. The van der Waals surface area contributed by atoms with E-state index in [1.807, 2.05) is 26.0 Å². The van der Waals surface area contributed by atoms with E-state index in [0.29, 0.717) is 36.5 Å². The number of nitrogens with one attached hydrogen (secondary N) is 3. The van der Waals surface area contributed by atoms with E-state index in [9.17, 15) is 36.4 Å². The van der Waals surface area contributed by atoms with Crippen LogP contribution in [0.5, 0.6) is 11.8 Å². The van der Waals surface area contributed by atoms with E-state index in [1.54, 1.807) is 39.0 Å². The van der Waals surface area contributed by atoms with Crippen LogP contribution in [-0.4, -0.2) is 96.3 Å². The maximum absolute atomic E-state index is 14.8. The van der Waals surface area contributed by atoms with Crippen molar-refractivity contribution in [2.75, 3.05) is 13.2 Å². The zero-order chi connectivity index (χ0) is 41.4. The third-order valence-electron chi connectivity index (χ3n) is 10.7. The number of carbonyl (C=O) groups is 4. The quantitative estimate of drug-likeness (QED) is 0.282. The van der Waals surface area contributed by atoms with E-state index in [1.165, 1.54) is 11.0 Å². The van der Waals surface area contributed by atoms with Crippen LogP contribution < -0.4 is 24.8 Å². The van der Waals surface area contributed by atoms with Crippen LogP contribution in [0.2, 0.25) is 5.02 Å². The van der Waals surface area contributed by atoms with E-state index >= 15 is 0 Å². The summed E-state index contributed by atoms with van der Waals surface area (Å²) in [4.78, 5) is 61.9. The average molecular weight is 838 g/mol. The molecule has 2 aromatic rings. The van der Waals surface area contributed by atoms with Gasteiger partial charge in [-0.15, -0.1) is 0 Å². The van der Waals surface area contributed by atoms with Crippen molar-refractivity contribution in [1.29, 1.82) is 0 Å². The predicted molar refractivity (Wildman–Crippen MR) is 206 cm³/mol. The summed E-state index contributed by atoms with van der Waals surface area (Å²) in [6.45, 7) is 7.82. The number of sulfonamides is 1. The first-order valence-electron chi connectivity index (χ1n) is 19.3. The highest BCUT2D eigenvalue weighted by atomic mass is 35.5. The topological polar surface area (TPSA) is 182 Å². The summed E-state index contributed by atoms with van der Waals surface area (Å²) in [6, 6.07) is 3.92. The third kappa shape index (κ3) is 10.1. The molecule has 57 heavy (non-hydrogen) atoms. The monoisotopic (exact) mass is 837 g/mol. The summed E-state index contributed by atoms with van der Waals surface area (Å²) in [5, 5.41) is 5.99. The maximum atomic E-state index is 14.8. The van der Waals surface area contributed by atoms with E-state index < -0.39 is 93.3 Å². The second kappa shape index (κ2) is 16.5. The first-order chi connectivity index (χ1) is 26.8. The number of benzene rings is 1. The Morgan fingerprint density at radius 2 is 1.86 bits per heavy atom. The van der Waals surface area contributed by atoms with Gasteiger partial charge in [0.25, 0.3) is 12.3 Å². The number of alkyl halides is 2. The molecule has 1 aromatic heterocycles. The van der Waals surface area contributed by atoms with Crippen LogP contribution in [0.3, 0.4) is 0 Å². The second-order valence-electron chi connectivity index (χ2n) is 16.7. The smallest absolute Gasteiger partial charge is 0.408 e. The molecule has 2 saturated carbocycles. The average Bonchev–Trinajstić information content (AvgIpc) is 4.04. The van der Waals surface area contributed by atoms with Crippen LogP contribution in [0, 0.1) is 17.8 Å². The van der Waals surface area contributed by atoms with E-state index in [0.717, 1.165) is 6.42 Å². The highest BCUT2D eigenvalue weighted by molar-refractivity contribution is 7.91. The van der Waals surface area contributed by atoms with Crippen molar-refractivity contribution >= 4 is 56.2 Å². The summed E-state index contributed by atoms with van der Waals surface area (Å²) in [5.74, 6) is -3.25. The number of rotatable bonds is 9. The number of hydrogen-bond acceptors (Lipinski definition) is 10. The Morgan fingerprint density at radius 3 is 2.54 bits per heavy atom. The fraction of sp³-hybridized carbons (Fsp3) is 0.615. The molecule has 0 spiro atoms. The molecule has 1 saturated heterocycles. The van der Waals surface area contributed by atoms with Crippen LogP contribution in [0.1, 0.15) is 79.6 Å². The molecule has 0 bridgehead atoms. The molecule has 14 nitrogen and oxygen atoms in total. The number of hydrogen-bond donors (Lipinski definition) is 3. The number of allylic oxidation sites excluding steroid dienone is 1. The lowest BCUT2D eigenvalue weighted by molar-refractivity contribution is -0.142. The SMILES string of the molecule is C[C@H]1CC/C=C\[C@@H]2C[C@@]2(C(=O)NS(=O)(=O)C2CC2)NC(=O)[C@@H]2C[C@@H](Oc3nc(OCC(F)F)cc4c(Cl)cccc34)CN2C(=O)[C@@H](NC(=O)OC(C)(C)C)[C@H](C)C1. The van der Waals surface area contributed by atoms with Gasteiger partial charge in [-0.2, -0.15) is 4.98 Å². The number of fused-ring (bicyclic) bond motifs is 3. The second-order valence-corrected chi connectivity index (χ2v) is 19.0. The van der Waals surface area contributed by atoms with Gasteiger partial charge in [-0.1, -0.05) is 43.7 Å². The summed E-state index contributed by atoms with van der Waals surface area (Å²) < 4.78 is 71.3. The van der Waals surface area contributed by atoms with Gasteiger partial charge in [-0.05, 0) is 83.3 Å². The number of alkyl carbamates (subject to hydrolysis) is 1. The number of aromatic nitrogens is 1. The van der Waals surface area contributed by atoms with Gasteiger partial charge in [-0.3, -0.25) is 19.1 Å². The molecule has 0 radical (unpaired) electrons. The van der Waals surface area contributed by atoms with Crippen molar-refractivity contribution in [2.45, 2.75) is 121 Å². The van der Waals surface area contributed by atoms with Crippen molar-refractivity contribution in [3.8, 4) is 11.8 Å². The van der Waals surface area contributed by atoms with Gasteiger partial charge in [-0.25, -0.2) is 22.0 Å². The fourth-order valence-corrected chi connectivity index (χ4v) is 9.18. The molecule has 1 aromatic carbocycles. The first kappa shape index (κ1) is 42.4. The van der Waals surface area contributed by atoms with E-state index in [2.05, 4.69) is 20.3 Å². The molecule has 3 N–H and O–H groups in total. The minimum Gasteiger partial charge on any atom is -0.472 e. The lowest BCUT2D eigenvalue weighted by Gasteiger charge is -2.33. The normalized spacial score (nSPS) is 29.0. The Labute approximate surface area is 335 Å². The standard InChI is InChI=1S/C39H50ClF2N5O9S/c1-21-9-6-7-10-23-18-39(23,36(50)46-57(52,53)25-13-14-25)45-33(48)29-16-24(19-47(29)35(49)32(22(2)15-21)44-37(51)56-38(3,4)5)55-34-26-11-8-12-28(40)27(26)17-31(43-34)54-20-30(41)42/h7-8,10-12,17,21-25,29-30,32H,6,9,13-16,18-20H2,1-5H3,(H,44,51)(H,45,48)(H,46,50)/b10-7-/t21-,22+,23+,24+,29-,32-,39+/m0/s1. The number of nitrogens with zero attached hydrogens (tertiary/aromatic N) is 2. The largest absolute Gasteiger partial charge is 0.472 e. The molecule has 2 aliphatic heterocycles. The van der Waals surface area contributed by atoms with Gasteiger partial charge in [0.1, 0.15) is 29.3 Å². The van der Waals surface area contributed by atoms with Crippen molar-refractivity contribution in [3.05, 3.63) is 41.4 Å². The fourth-order valence-electron chi connectivity index (χ4n) is 7.59. The van der Waals surface area contributed by atoms with Crippen LogP contribution in [-0.2, 0) is 29.1 Å². The molecular weight excluding hydrogens is 788 g/mol. The zero-order valence-electron chi connectivity index (χ0n) is 32.6. The van der Waals surface area contributed by atoms with Crippen LogP contribution >= 0.6 is 11.6 Å². The Balaban J connectivity index is 1.36. The van der Waals surface area contributed by atoms with Crippen molar-refractivity contribution < 1.29 is 50.6 Å². The van der Waals surface area contributed by atoms with Gasteiger partial charge in [0, 0.05) is 34.2 Å². The minimum atomic E-state index is -3.96.